The fourth-order valence-corrected chi connectivity index (χ4v) is 3.24. The Kier molecular flexibility index (Phi) is 4.36. The monoisotopic (exact) mass is 339 g/mol. The van der Waals surface area contributed by atoms with E-state index in [0.717, 1.165) is 34.2 Å². The Labute approximate surface area is 154 Å². The molecule has 0 aromatic heterocycles. The van der Waals surface area contributed by atoms with Crippen molar-refractivity contribution >= 4 is 28.6 Å². The summed E-state index contributed by atoms with van der Waals surface area (Å²) in [5, 5.41) is 0. The van der Waals surface area contributed by atoms with Gasteiger partial charge in [0.1, 0.15) is 5.84 Å². The SMILES string of the molecule is Cc1ccccc1N(C)C1=Nc2ccccc2N=C(c2ccccc2)C1. The Hall–Kier alpha value is -3.20. The smallest absolute Gasteiger partial charge is 0.115 e. The first kappa shape index (κ1) is 16.3. The van der Waals surface area contributed by atoms with E-state index in [1.165, 1.54) is 5.56 Å². The van der Waals surface area contributed by atoms with E-state index >= 15 is 0 Å². The third-order valence-electron chi connectivity index (χ3n) is 4.68. The Morgan fingerprint density at radius 2 is 1.35 bits per heavy atom. The van der Waals surface area contributed by atoms with E-state index in [9.17, 15) is 0 Å². The summed E-state index contributed by atoms with van der Waals surface area (Å²) in [6.45, 7) is 2.13. The van der Waals surface area contributed by atoms with Gasteiger partial charge in [-0.05, 0) is 36.2 Å². The molecule has 0 bridgehead atoms. The van der Waals surface area contributed by atoms with Gasteiger partial charge in [0.15, 0.2) is 0 Å². The van der Waals surface area contributed by atoms with Crippen molar-refractivity contribution in [3.8, 4) is 0 Å². The summed E-state index contributed by atoms with van der Waals surface area (Å²) in [6.07, 6.45) is 0.684. The molecule has 1 aliphatic rings. The number of aliphatic imine (C=N–C) groups is 2. The standard InChI is InChI=1S/C23H21N3/c1-17-10-6-9-15-22(17)26(2)23-16-21(18-11-4-3-5-12-18)24-19-13-7-8-14-20(19)25-23/h3-15H,16H2,1-2H3. The lowest BCUT2D eigenvalue weighted by Crippen LogP contribution is -2.29. The van der Waals surface area contributed by atoms with E-state index in [2.05, 4.69) is 67.4 Å². The number of rotatable bonds is 2. The van der Waals surface area contributed by atoms with E-state index in [-0.39, 0.29) is 0 Å². The van der Waals surface area contributed by atoms with Gasteiger partial charge in [-0.2, -0.15) is 0 Å². The van der Waals surface area contributed by atoms with Gasteiger partial charge < -0.3 is 4.90 Å². The number of para-hydroxylation sites is 3. The zero-order valence-corrected chi connectivity index (χ0v) is 15.1. The lowest BCUT2D eigenvalue weighted by atomic mass is 10.1. The third-order valence-corrected chi connectivity index (χ3v) is 4.68. The van der Waals surface area contributed by atoms with Gasteiger partial charge in [-0.25, -0.2) is 4.99 Å². The summed E-state index contributed by atoms with van der Waals surface area (Å²) in [6, 6.07) is 26.8. The highest BCUT2D eigenvalue weighted by molar-refractivity contribution is 6.18. The second-order valence-corrected chi connectivity index (χ2v) is 6.46. The van der Waals surface area contributed by atoms with Crippen LogP contribution < -0.4 is 4.90 Å². The molecule has 0 spiro atoms. The summed E-state index contributed by atoms with van der Waals surface area (Å²) in [5.41, 5.74) is 6.39. The summed E-state index contributed by atoms with van der Waals surface area (Å²) in [4.78, 5) is 12.1. The maximum atomic E-state index is 4.96. The number of hydrogen-bond donors (Lipinski definition) is 0. The minimum Gasteiger partial charge on any atom is -0.332 e. The first-order chi connectivity index (χ1) is 12.7. The normalized spacial score (nSPS) is 13.3. The van der Waals surface area contributed by atoms with Crippen LogP contribution >= 0.6 is 0 Å². The zero-order chi connectivity index (χ0) is 17.9. The van der Waals surface area contributed by atoms with E-state index in [0.29, 0.717) is 6.42 Å². The van der Waals surface area contributed by atoms with Crippen molar-refractivity contribution < 1.29 is 0 Å². The van der Waals surface area contributed by atoms with Crippen LogP contribution in [0.25, 0.3) is 0 Å². The largest absolute Gasteiger partial charge is 0.332 e. The summed E-state index contributed by atoms with van der Waals surface area (Å²) < 4.78 is 0. The van der Waals surface area contributed by atoms with Crippen LogP contribution in [0.1, 0.15) is 17.5 Å². The quantitative estimate of drug-likeness (QED) is 0.590. The van der Waals surface area contributed by atoms with Crippen molar-refractivity contribution in [2.24, 2.45) is 9.98 Å². The molecule has 3 heteroatoms. The molecule has 0 amide bonds. The van der Waals surface area contributed by atoms with Crippen LogP contribution in [-0.4, -0.2) is 18.6 Å². The Balaban J connectivity index is 1.82. The fraction of sp³-hybridized carbons (Fsp3) is 0.130. The van der Waals surface area contributed by atoms with Crippen LogP contribution in [0.2, 0.25) is 0 Å². The number of benzene rings is 3. The van der Waals surface area contributed by atoms with Gasteiger partial charge in [0.05, 0.1) is 17.1 Å². The summed E-state index contributed by atoms with van der Waals surface area (Å²) in [7, 11) is 2.08. The molecular weight excluding hydrogens is 318 g/mol. The van der Waals surface area contributed by atoms with Crippen LogP contribution in [0.15, 0.2) is 88.8 Å². The molecular formula is C23H21N3. The summed E-state index contributed by atoms with van der Waals surface area (Å²) in [5.74, 6) is 0.992. The van der Waals surface area contributed by atoms with Gasteiger partial charge in [0.25, 0.3) is 0 Å². The molecule has 0 aliphatic carbocycles. The van der Waals surface area contributed by atoms with E-state index in [1.807, 2.05) is 30.3 Å². The molecule has 3 aromatic rings. The lowest BCUT2D eigenvalue weighted by molar-refractivity contribution is 1.19. The molecule has 3 aromatic carbocycles. The number of fused-ring (bicyclic) bond motifs is 1. The predicted molar refractivity (Wildman–Crippen MR) is 110 cm³/mol. The highest BCUT2D eigenvalue weighted by atomic mass is 15.2. The maximum absolute atomic E-state index is 4.96. The number of hydrogen-bond acceptors (Lipinski definition) is 3. The van der Waals surface area contributed by atoms with Gasteiger partial charge in [-0.1, -0.05) is 60.7 Å². The molecule has 0 fully saturated rings. The van der Waals surface area contributed by atoms with Crippen molar-refractivity contribution in [2.45, 2.75) is 13.3 Å². The van der Waals surface area contributed by atoms with E-state index in [1.54, 1.807) is 0 Å². The predicted octanol–water partition coefficient (Wildman–Crippen LogP) is 5.69. The minimum absolute atomic E-state index is 0.684. The number of anilines is 1. The van der Waals surface area contributed by atoms with Gasteiger partial charge in [0, 0.05) is 19.2 Å². The average molecular weight is 339 g/mol. The zero-order valence-electron chi connectivity index (χ0n) is 15.1. The molecule has 0 atom stereocenters. The first-order valence-electron chi connectivity index (χ1n) is 8.81. The first-order valence-corrected chi connectivity index (χ1v) is 8.81. The molecule has 4 rings (SSSR count). The second-order valence-electron chi connectivity index (χ2n) is 6.46. The molecule has 0 saturated heterocycles. The van der Waals surface area contributed by atoms with Crippen molar-refractivity contribution in [1.82, 2.24) is 0 Å². The van der Waals surface area contributed by atoms with E-state index < -0.39 is 0 Å². The molecule has 1 aliphatic heterocycles. The molecule has 0 radical (unpaired) electrons. The minimum atomic E-state index is 0.684. The van der Waals surface area contributed by atoms with Crippen LogP contribution in [0.5, 0.6) is 0 Å². The van der Waals surface area contributed by atoms with Gasteiger partial charge in [-0.15, -0.1) is 0 Å². The lowest BCUT2D eigenvalue weighted by Gasteiger charge is -2.23. The fourth-order valence-electron chi connectivity index (χ4n) is 3.24. The van der Waals surface area contributed by atoms with Gasteiger partial charge in [0.2, 0.25) is 0 Å². The van der Waals surface area contributed by atoms with Crippen LogP contribution in [0.3, 0.4) is 0 Å². The number of amidine groups is 1. The molecule has 0 N–H and O–H groups in total. The molecule has 3 nitrogen and oxygen atoms in total. The Morgan fingerprint density at radius 3 is 2.08 bits per heavy atom. The number of aryl methyl sites for hydroxylation is 1. The Bertz CT molecular complexity index is 987. The molecule has 0 saturated carbocycles. The van der Waals surface area contributed by atoms with Crippen molar-refractivity contribution in [3.63, 3.8) is 0 Å². The van der Waals surface area contributed by atoms with Crippen LogP contribution in [0.4, 0.5) is 17.1 Å². The molecule has 1 heterocycles. The van der Waals surface area contributed by atoms with Crippen molar-refractivity contribution in [3.05, 3.63) is 90.0 Å². The molecule has 128 valence electrons. The highest BCUT2D eigenvalue weighted by Gasteiger charge is 2.19. The maximum Gasteiger partial charge on any atom is 0.115 e. The van der Waals surface area contributed by atoms with Gasteiger partial charge in [-0.3, -0.25) is 4.99 Å². The van der Waals surface area contributed by atoms with E-state index in [4.69, 9.17) is 9.98 Å². The van der Waals surface area contributed by atoms with Crippen molar-refractivity contribution in [1.29, 1.82) is 0 Å². The summed E-state index contributed by atoms with van der Waals surface area (Å²) >= 11 is 0. The number of nitrogens with zero attached hydrogens (tertiary/aromatic N) is 3. The Morgan fingerprint density at radius 1 is 0.731 bits per heavy atom. The highest BCUT2D eigenvalue weighted by Crippen LogP contribution is 2.33. The van der Waals surface area contributed by atoms with Crippen molar-refractivity contribution in [2.75, 3.05) is 11.9 Å². The van der Waals surface area contributed by atoms with Gasteiger partial charge >= 0.3 is 0 Å². The molecule has 26 heavy (non-hydrogen) atoms. The second kappa shape index (κ2) is 6.96. The molecule has 0 unspecified atom stereocenters. The average Bonchev–Trinajstić information content (AvgIpc) is 2.88. The van der Waals surface area contributed by atoms with Crippen LogP contribution in [0, 0.1) is 6.92 Å². The topological polar surface area (TPSA) is 28.0 Å². The van der Waals surface area contributed by atoms with Crippen LogP contribution in [-0.2, 0) is 0 Å². The third kappa shape index (κ3) is 3.16.